The van der Waals surface area contributed by atoms with Crippen LogP contribution >= 0.6 is 23.4 Å². The quantitative estimate of drug-likeness (QED) is 0.697. The molecule has 3 rings (SSSR count). The van der Waals surface area contributed by atoms with Crippen LogP contribution in [0.4, 0.5) is 5.69 Å². The summed E-state index contributed by atoms with van der Waals surface area (Å²) >= 11 is 8.14. The minimum Gasteiger partial charge on any atom is -0.496 e. The number of nitrogens with one attached hydrogen (secondary N) is 1. The van der Waals surface area contributed by atoms with E-state index < -0.39 is 0 Å². The standard InChI is InChI=1S/C20H30ClN3O2S/c1-26-18-14-17(22)16(21)13-15(18)19(25)23-8-7-20(5-3-2-4-6-20)24-9-11-27-12-10-24/h13-14H,2-12,22H2,1H3,(H,23,25). The normalized spacial score (nSPS) is 20.2. The van der Waals surface area contributed by atoms with Crippen LogP contribution in [-0.2, 0) is 0 Å². The van der Waals surface area contributed by atoms with E-state index in [0.717, 1.165) is 6.42 Å². The number of nitrogen functional groups attached to an aromatic ring is 1. The topological polar surface area (TPSA) is 67.6 Å². The van der Waals surface area contributed by atoms with E-state index in [1.807, 2.05) is 11.8 Å². The van der Waals surface area contributed by atoms with Crippen molar-refractivity contribution in [1.82, 2.24) is 10.2 Å². The van der Waals surface area contributed by atoms with Crippen molar-refractivity contribution >= 4 is 35.0 Å². The molecular formula is C20H30ClN3O2S. The fourth-order valence-electron chi connectivity index (χ4n) is 4.39. The van der Waals surface area contributed by atoms with E-state index in [4.69, 9.17) is 22.1 Å². The zero-order valence-corrected chi connectivity index (χ0v) is 17.6. The Morgan fingerprint density at radius 1 is 1.30 bits per heavy atom. The SMILES string of the molecule is COc1cc(N)c(Cl)cc1C(=O)NCCC1(N2CCSCC2)CCCCC1. The minimum absolute atomic E-state index is 0.158. The predicted octanol–water partition coefficient (Wildman–Crippen LogP) is 3.80. The molecular weight excluding hydrogens is 382 g/mol. The molecule has 3 N–H and O–H groups in total. The average molecular weight is 412 g/mol. The molecule has 0 atom stereocenters. The molecule has 27 heavy (non-hydrogen) atoms. The number of nitrogens with two attached hydrogens (primary N) is 1. The molecule has 1 aliphatic heterocycles. The molecule has 0 radical (unpaired) electrons. The predicted molar refractivity (Wildman–Crippen MR) is 114 cm³/mol. The molecule has 2 aliphatic rings. The van der Waals surface area contributed by atoms with Crippen molar-refractivity contribution in [1.29, 1.82) is 0 Å². The zero-order valence-electron chi connectivity index (χ0n) is 16.1. The highest BCUT2D eigenvalue weighted by atomic mass is 35.5. The monoisotopic (exact) mass is 411 g/mol. The molecule has 0 bridgehead atoms. The van der Waals surface area contributed by atoms with Gasteiger partial charge in [-0.1, -0.05) is 30.9 Å². The van der Waals surface area contributed by atoms with Gasteiger partial charge in [0.1, 0.15) is 5.75 Å². The molecule has 1 heterocycles. The summed E-state index contributed by atoms with van der Waals surface area (Å²) in [6.07, 6.45) is 7.39. The van der Waals surface area contributed by atoms with Gasteiger partial charge in [0, 0.05) is 42.7 Å². The Kier molecular flexibility index (Phi) is 7.17. The maximum atomic E-state index is 12.7. The Morgan fingerprint density at radius 3 is 2.67 bits per heavy atom. The van der Waals surface area contributed by atoms with Gasteiger partial charge in [0.05, 0.1) is 23.4 Å². The van der Waals surface area contributed by atoms with Crippen molar-refractivity contribution in [3.8, 4) is 5.75 Å². The van der Waals surface area contributed by atoms with E-state index in [2.05, 4.69) is 10.2 Å². The van der Waals surface area contributed by atoms with Crippen LogP contribution in [0.3, 0.4) is 0 Å². The minimum atomic E-state index is -0.158. The van der Waals surface area contributed by atoms with Crippen molar-refractivity contribution in [2.75, 3.05) is 44.0 Å². The Morgan fingerprint density at radius 2 is 2.00 bits per heavy atom. The number of benzene rings is 1. The van der Waals surface area contributed by atoms with Gasteiger partial charge in [-0.05, 0) is 25.3 Å². The van der Waals surface area contributed by atoms with Crippen molar-refractivity contribution in [3.63, 3.8) is 0 Å². The number of halogens is 1. The first-order chi connectivity index (χ1) is 13.1. The van der Waals surface area contributed by atoms with Gasteiger partial charge in [-0.2, -0.15) is 11.8 Å². The zero-order chi connectivity index (χ0) is 19.3. The van der Waals surface area contributed by atoms with E-state index in [1.165, 1.54) is 63.8 Å². The number of rotatable bonds is 6. The van der Waals surface area contributed by atoms with Gasteiger partial charge in [0.2, 0.25) is 0 Å². The van der Waals surface area contributed by atoms with Crippen molar-refractivity contribution in [3.05, 3.63) is 22.7 Å². The molecule has 7 heteroatoms. The summed E-state index contributed by atoms with van der Waals surface area (Å²) in [5.41, 5.74) is 6.90. The fourth-order valence-corrected chi connectivity index (χ4v) is 5.46. The average Bonchev–Trinajstić information content (AvgIpc) is 2.71. The second kappa shape index (κ2) is 9.39. The summed E-state index contributed by atoms with van der Waals surface area (Å²) in [4.78, 5) is 15.4. The number of hydrogen-bond acceptors (Lipinski definition) is 5. The summed E-state index contributed by atoms with van der Waals surface area (Å²) in [6, 6.07) is 3.19. The van der Waals surface area contributed by atoms with Gasteiger partial charge in [0.15, 0.2) is 0 Å². The van der Waals surface area contributed by atoms with Crippen molar-refractivity contribution in [2.24, 2.45) is 0 Å². The number of thioether (sulfide) groups is 1. The molecule has 2 fully saturated rings. The molecule has 1 saturated heterocycles. The Balaban J connectivity index is 1.64. The summed E-state index contributed by atoms with van der Waals surface area (Å²) in [7, 11) is 1.53. The number of ether oxygens (including phenoxy) is 1. The van der Waals surface area contributed by atoms with Crippen LogP contribution in [0.2, 0.25) is 5.02 Å². The third-order valence-corrected chi connectivity index (χ3v) is 7.18. The number of amides is 1. The molecule has 5 nitrogen and oxygen atoms in total. The van der Waals surface area contributed by atoms with Gasteiger partial charge in [-0.25, -0.2) is 0 Å². The maximum absolute atomic E-state index is 12.7. The highest BCUT2D eigenvalue weighted by Gasteiger charge is 2.38. The first kappa shape index (κ1) is 20.6. The van der Waals surface area contributed by atoms with Crippen LogP contribution < -0.4 is 15.8 Å². The van der Waals surface area contributed by atoms with Gasteiger partial charge >= 0.3 is 0 Å². The molecule has 1 aliphatic carbocycles. The van der Waals surface area contributed by atoms with Crippen molar-refractivity contribution in [2.45, 2.75) is 44.1 Å². The number of methoxy groups -OCH3 is 1. The maximum Gasteiger partial charge on any atom is 0.255 e. The summed E-state index contributed by atoms with van der Waals surface area (Å²) in [5.74, 6) is 2.73. The number of anilines is 1. The van der Waals surface area contributed by atoms with E-state index in [9.17, 15) is 4.79 Å². The van der Waals surface area contributed by atoms with Crippen LogP contribution in [0.5, 0.6) is 5.75 Å². The first-order valence-corrected chi connectivity index (χ1v) is 11.3. The van der Waals surface area contributed by atoms with E-state index in [-0.39, 0.29) is 11.4 Å². The molecule has 1 saturated carbocycles. The van der Waals surface area contributed by atoms with Crippen LogP contribution in [-0.4, -0.2) is 54.6 Å². The molecule has 1 amide bonds. The third-order valence-electron chi connectivity index (χ3n) is 5.91. The Bertz CT molecular complexity index is 659. The van der Waals surface area contributed by atoms with Crippen LogP contribution in [0, 0.1) is 0 Å². The molecule has 1 aromatic carbocycles. The molecule has 1 aromatic rings. The highest BCUT2D eigenvalue weighted by molar-refractivity contribution is 7.99. The van der Waals surface area contributed by atoms with Gasteiger partial charge in [0.25, 0.3) is 5.91 Å². The molecule has 0 aromatic heterocycles. The van der Waals surface area contributed by atoms with E-state index >= 15 is 0 Å². The number of nitrogens with zero attached hydrogens (tertiary/aromatic N) is 1. The van der Waals surface area contributed by atoms with Crippen LogP contribution in [0.15, 0.2) is 12.1 Å². The van der Waals surface area contributed by atoms with Crippen molar-refractivity contribution < 1.29 is 9.53 Å². The summed E-state index contributed by atoms with van der Waals surface area (Å²) in [6.45, 7) is 2.99. The lowest BCUT2D eigenvalue weighted by atomic mass is 9.77. The highest BCUT2D eigenvalue weighted by Crippen LogP contribution is 2.37. The van der Waals surface area contributed by atoms with E-state index in [1.54, 1.807) is 12.1 Å². The second-order valence-electron chi connectivity index (χ2n) is 7.46. The van der Waals surface area contributed by atoms with Gasteiger partial charge in [-0.3, -0.25) is 9.69 Å². The number of carbonyl (C=O) groups is 1. The van der Waals surface area contributed by atoms with Gasteiger partial charge in [-0.15, -0.1) is 0 Å². The lowest BCUT2D eigenvalue weighted by Crippen LogP contribution is -2.54. The van der Waals surface area contributed by atoms with Crippen LogP contribution in [0.1, 0.15) is 48.9 Å². The number of hydrogen-bond donors (Lipinski definition) is 2. The molecule has 150 valence electrons. The summed E-state index contributed by atoms with van der Waals surface area (Å²) < 4.78 is 5.30. The smallest absolute Gasteiger partial charge is 0.255 e. The largest absolute Gasteiger partial charge is 0.496 e. The van der Waals surface area contributed by atoms with E-state index in [0.29, 0.717) is 28.6 Å². The second-order valence-corrected chi connectivity index (χ2v) is 9.10. The first-order valence-electron chi connectivity index (χ1n) is 9.80. The lowest BCUT2D eigenvalue weighted by molar-refractivity contribution is 0.0505. The number of carbonyl (C=O) groups excluding carboxylic acids is 1. The summed E-state index contributed by atoms with van der Waals surface area (Å²) in [5, 5.41) is 3.45. The molecule has 0 unspecified atom stereocenters. The third kappa shape index (κ3) is 4.84. The van der Waals surface area contributed by atoms with Gasteiger partial charge < -0.3 is 15.8 Å². The molecule has 0 spiro atoms. The fraction of sp³-hybridized carbons (Fsp3) is 0.650. The Labute approximate surface area is 171 Å². The van der Waals surface area contributed by atoms with Crippen LogP contribution in [0.25, 0.3) is 0 Å². The lowest BCUT2D eigenvalue weighted by Gasteiger charge is -2.48. The Hall–Kier alpha value is -1.11.